The molecule has 0 bridgehead atoms. The van der Waals surface area contributed by atoms with Crippen LogP contribution in [-0.2, 0) is 6.54 Å². The fourth-order valence-electron chi connectivity index (χ4n) is 4.56. The maximum Gasteiger partial charge on any atom is 0.200 e. The zero-order chi connectivity index (χ0) is 27.3. The van der Waals surface area contributed by atoms with E-state index < -0.39 is 22.9 Å². The minimum atomic E-state index is -0.617. The summed E-state index contributed by atoms with van der Waals surface area (Å²) >= 11 is 0. The molecule has 0 amide bonds. The number of aromatic nitrogens is 4. The highest BCUT2D eigenvalue weighted by Gasteiger charge is 2.23. The molecule has 6 rings (SSSR count). The lowest BCUT2D eigenvalue weighted by Gasteiger charge is -2.11. The molecule has 0 saturated heterocycles. The maximum absolute atomic E-state index is 14.4. The Kier molecular flexibility index (Phi) is 5.75. The Hall–Kier alpha value is -5.19. The number of anilines is 1. The van der Waals surface area contributed by atoms with Crippen LogP contribution in [0.3, 0.4) is 0 Å². The first-order chi connectivity index (χ1) is 18.8. The van der Waals surface area contributed by atoms with Crippen molar-refractivity contribution in [1.29, 1.82) is 0 Å². The Labute approximate surface area is 218 Å². The molecule has 0 spiro atoms. The van der Waals surface area contributed by atoms with E-state index in [0.29, 0.717) is 10.9 Å². The van der Waals surface area contributed by atoms with Crippen molar-refractivity contribution < 1.29 is 22.3 Å². The molecule has 8 nitrogen and oxygen atoms in total. The van der Waals surface area contributed by atoms with Gasteiger partial charge in [-0.1, -0.05) is 12.1 Å². The van der Waals surface area contributed by atoms with E-state index >= 15 is 0 Å². The first-order valence-corrected chi connectivity index (χ1v) is 11.7. The van der Waals surface area contributed by atoms with Crippen molar-refractivity contribution in [2.75, 3.05) is 12.8 Å². The van der Waals surface area contributed by atoms with Gasteiger partial charge >= 0.3 is 0 Å². The molecule has 0 unspecified atom stereocenters. The minimum Gasteiger partial charge on any atom is -0.497 e. The number of benzene rings is 3. The van der Waals surface area contributed by atoms with Gasteiger partial charge in [-0.05, 0) is 48.0 Å². The number of fused-ring (bicyclic) bond motifs is 2. The van der Waals surface area contributed by atoms with Crippen molar-refractivity contribution in [3.05, 3.63) is 100 Å². The van der Waals surface area contributed by atoms with Crippen LogP contribution in [0.1, 0.15) is 5.76 Å². The summed E-state index contributed by atoms with van der Waals surface area (Å²) < 4.78 is 55.2. The molecule has 3 aromatic heterocycles. The highest BCUT2D eigenvalue weighted by atomic mass is 19.1. The molecule has 6 aromatic rings. The Balaban J connectivity index is 1.60. The van der Waals surface area contributed by atoms with Gasteiger partial charge < -0.3 is 14.9 Å². The molecule has 0 aliphatic rings. The molecule has 39 heavy (non-hydrogen) atoms. The first-order valence-electron chi connectivity index (χ1n) is 11.7. The highest BCUT2D eigenvalue weighted by Crippen LogP contribution is 2.34. The van der Waals surface area contributed by atoms with Crippen molar-refractivity contribution in [2.45, 2.75) is 6.54 Å². The smallest absolute Gasteiger partial charge is 0.200 e. The number of nitrogens with zero attached hydrogens (tertiary/aromatic N) is 4. The lowest BCUT2D eigenvalue weighted by molar-refractivity contribution is 0.411. The Bertz CT molecular complexity index is 1970. The van der Waals surface area contributed by atoms with E-state index in [4.69, 9.17) is 14.9 Å². The number of rotatable bonds is 5. The van der Waals surface area contributed by atoms with Gasteiger partial charge in [0.1, 0.15) is 58.9 Å². The summed E-state index contributed by atoms with van der Waals surface area (Å²) in [6, 6.07) is 13.1. The first kappa shape index (κ1) is 24.2. The third-order valence-corrected chi connectivity index (χ3v) is 6.27. The summed E-state index contributed by atoms with van der Waals surface area (Å²) in [7, 11) is 1.41. The minimum absolute atomic E-state index is 0.00227. The lowest BCUT2D eigenvalue weighted by Crippen LogP contribution is -2.13. The van der Waals surface area contributed by atoms with Crippen LogP contribution in [0.5, 0.6) is 5.75 Å². The third kappa shape index (κ3) is 4.23. The van der Waals surface area contributed by atoms with Gasteiger partial charge in [-0.25, -0.2) is 27.8 Å². The van der Waals surface area contributed by atoms with Crippen molar-refractivity contribution in [3.63, 3.8) is 0 Å². The molecule has 0 fully saturated rings. The lowest BCUT2D eigenvalue weighted by atomic mass is 10.0. The van der Waals surface area contributed by atoms with Crippen molar-refractivity contribution in [1.82, 2.24) is 19.7 Å². The zero-order valence-electron chi connectivity index (χ0n) is 20.3. The molecule has 0 atom stereocenters. The maximum atomic E-state index is 14.4. The molecule has 0 radical (unpaired) electrons. The summed E-state index contributed by atoms with van der Waals surface area (Å²) in [5, 5.41) is 4.98. The van der Waals surface area contributed by atoms with E-state index in [1.807, 2.05) is 0 Å². The molecule has 2 N–H and O–H groups in total. The summed E-state index contributed by atoms with van der Waals surface area (Å²) in [6.45, 7) is -0.145. The average molecular weight is 529 g/mol. The Morgan fingerprint density at radius 1 is 0.949 bits per heavy atom. The van der Waals surface area contributed by atoms with E-state index in [2.05, 4.69) is 15.1 Å². The van der Waals surface area contributed by atoms with Gasteiger partial charge in [0.2, 0.25) is 5.43 Å². The zero-order valence-corrected chi connectivity index (χ0v) is 20.3. The fourth-order valence-corrected chi connectivity index (χ4v) is 4.56. The SMILES string of the molecule is COc1cc(F)cc(-c2nn(Cc3oc4ccc(F)cc4c(=O)c3-c3cccc(F)c3)c3ncnc(N)c23)c1. The molecule has 0 saturated carbocycles. The van der Waals surface area contributed by atoms with Crippen LogP contribution >= 0.6 is 0 Å². The van der Waals surface area contributed by atoms with Gasteiger partial charge in [-0.3, -0.25) is 4.79 Å². The van der Waals surface area contributed by atoms with Gasteiger partial charge in [0.05, 0.1) is 23.4 Å². The fraction of sp³-hybridized carbons (Fsp3) is 0.0714. The van der Waals surface area contributed by atoms with Crippen LogP contribution in [-0.4, -0.2) is 26.9 Å². The largest absolute Gasteiger partial charge is 0.497 e. The van der Waals surface area contributed by atoms with Gasteiger partial charge in [0, 0.05) is 11.6 Å². The monoisotopic (exact) mass is 529 g/mol. The quantitative estimate of drug-likeness (QED) is 0.322. The third-order valence-electron chi connectivity index (χ3n) is 6.27. The van der Waals surface area contributed by atoms with Crippen molar-refractivity contribution in [3.8, 4) is 28.1 Å². The van der Waals surface area contributed by atoms with Crippen LogP contribution in [0.15, 0.2) is 76.2 Å². The van der Waals surface area contributed by atoms with Crippen LogP contribution < -0.4 is 15.9 Å². The summed E-state index contributed by atoms with van der Waals surface area (Å²) in [5.74, 6) is -1.24. The van der Waals surface area contributed by atoms with Crippen molar-refractivity contribution in [2.24, 2.45) is 0 Å². The van der Waals surface area contributed by atoms with Gasteiger partial charge in [0.15, 0.2) is 5.65 Å². The second kappa shape index (κ2) is 9.28. The van der Waals surface area contributed by atoms with E-state index in [-0.39, 0.29) is 57.3 Å². The van der Waals surface area contributed by atoms with E-state index in [0.717, 1.165) is 6.07 Å². The number of hydrogen-bond donors (Lipinski definition) is 1. The molecular weight excluding hydrogens is 511 g/mol. The standard InChI is InChI=1S/C28H18F3N5O3/c1-38-19-9-15(8-18(31)10-19)25-24-27(32)33-13-34-28(24)36(35-25)12-22-23(14-3-2-4-16(29)7-14)26(37)20-11-17(30)5-6-21(20)39-22/h2-11,13H,12H2,1H3,(H2,32,33,34). The van der Waals surface area contributed by atoms with E-state index in [1.165, 1.54) is 60.6 Å². The Morgan fingerprint density at radius 2 is 1.74 bits per heavy atom. The Morgan fingerprint density at radius 3 is 2.54 bits per heavy atom. The summed E-state index contributed by atoms with van der Waals surface area (Å²) in [5.41, 5.74) is 6.97. The molecule has 3 heterocycles. The summed E-state index contributed by atoms with van der Waals surface area (Å²) in [4.78, 5) is 21.9. The summed E-state index contributed by atoms with van der Waals surface area (Å²) in [6.07, 6.45) is 1.25. The molecular formula is C28H18F3N5O3. The molecule has 0 aliphatic carbocycles. The number of nitrogens with two attached hydrogens (primary N) is 1. The second-order valence-corrected chi connectivity index (χ2v) is 8.72. The normalized spacial score (nSPS) is 11.4. The number of methoxy groups -OCH3 is 1. The van der Waals surface area contributed by atoms with Crippen LogP contribution in [0, 0.1) is 17.5 Å². The second-order valence-electron chi connectivity index (χ2n) is 8.72. The number of nitrogen functional groups attached to an aromatic ring is 1. The van der Waals surface area contributed by atoms with E-state index in [1.54, 1.807) is 12.1 Å². The van der Waals surface area contributed by atoms with Crippen molar-refractivity contribution >= 4 is 27.8 Å². The molecule has 194 valence electrons. The predicted molar refractivity (Wildman–Crippen MR) is 139 cm³/mol. The van der Waals surface area contributed by atoms with Crippen LogP contribution in [0.4, 0.5) is 19.0 Å². The van der Waals surface area contributed by atoms with Gasteiger partial charge in [0.25, 0.3) is 0 Å². The van der Waals surface area contributed by atoms with Crippen LogP contribution in [0.2, 0.25) is 0 Å². The number of hydrogen-bond acceptors (Lipinski definition) is 7. The molecule has 3 aromatic carbocycles. The average Bonchev–Trinajstić information content (AvgIpc) is 3.28. The number of ether oxygens (including phenoxy) is 1. The predicted octanol–water partition coefficient (Wildman–Crippen LogP) is 5.32. The highest BCUT2D eigenvalue weighted by molar-refractivity contribution is 5.98. The molecule has 0 aliphatic heterocycles. The van der Waals surface area contributed by atoms with Crippen LogP contribution in [0.25, 0.3) is 44.4 Å². The number of halogens is 3. The van der Waals surface area contributed by atoms with E-state index in [9.17, 15) is 18.0 Å². The topological polar surface area (TPSA) is 109 Å². The van der Waals surface area contributed by atoms with Gasteiger partial charge in [-0.15, -0.1) is 0 Å². The van der Waals surface area contributed by atoms with Gasteiger partial charge in [-0.2, -0.15) is 5.10 Å². The molecule has 11 heteroatoms.